The van der Waals surface area contributed by atoms with E-state index in [1.165, 1.54) is 13.2 Å². The molecule has 1 unspecified atom stereocenters. The highest BCUT2D eigenvalue weighted by atomic mass is 32.2. The van der Waals surface area contributed by atoms with Crippen LogP contribution in [0.3, 0.4) is 0 Å². The van der Waals surface area contributed by atoms with Crippen LogP contribution in [0.2, 0.25) is 0 Å². The van der Waals surface area contributed by atoms with Crippen LogP contribution in [0.15, 0.2) is 47.4 Å². The van der Waals surface area contributed by atoms with Gasteiger partial charge in [-0.2, -0.15) is 0 Å². The number of carbonyl (C=O) groups is 2. The van der Waals surface area contributed by atoms with Crippen LogP contribution in [-0.2, 0) is 14.6 Å². The van der Waals surface area contributed by atoms with E-state index in [1.807, 2.05) is 39.0 Å². The number of hydrogen-bond acceptors (Lipinski definition) is 4. The lowest BCUT2D eigenvalue weighted by molar-refractivity contribution is -0.117. The lowest BCUT2D eigenvalue weighted by Crippen LogP contribution is -2.54. The minimum atomic E-state index is -3.28. The lowest BCUT2D eigenvalue weighted by atomic mass is 10.0. The molecule has 0 spiro atoms. The van der Waals surface area contributed by atoms with Crippen molar-refractivity contribution >= 4 is 33.2 Å². The Kier molecular flexibility index (Phi) is 6.40. The number of hydrogen-bond donors (Lipinski definition) is 1. The van der Waals surface area contributed by atoms with Crippen molar-refractivity contribution in [2.75, 3.05) is 29.1 Å². The summed E-state index contributed by atoms with van der Waals surface area (Å²) in [7, 11) is -3.28. The predicted octanol–water partition coefficient (Wildman–Crippen LogP) is 3.68. The van der Waals surface area contributed by atoms with E-state index < -0.39 is 9.84 Å². The summed E-state index contributed by atoms with van der Waals surface area (Å²) in [5.41, 5.74) is 2.99. The molecule has 0 saturated heterocycles. The van der Waals surface area contributed by atoms with Gasteiger partial charge in [0.05, 0.1) is 22.3 Å². The Balaban J connectivity index is 2.04. The van der Waals surface area contributed by atoms with Gasteiger partial charge in [-0.3, -0.25) is 9.69 Å². The number of fused-ring (bicyclic) bond motifs is 1. The highest BCUT2D eigenvalue weighted by Crippen LogP contribution is 2.39. The van der Waals surface area contributed by atoms with Crippen LogP contribution < -0.4 is 15.1 Å². The van der Waals surface area contributed by atoms with Crippen LogP contribution in [0.1, 0.15) is 27.7 Å². The number of nitrogens with one attached hydrogen (secondary N) is 1. The van der Waals surface area contributed by atoms with E-state index in [0.717, 1.165) is 11.1 Å². The molecule has 166 valence electrons. The summed E-state index contributed by atoms with van der Waals surface area (Å²) in [4.78, 5) is 28.9. The van der Waals surface area contributed by atoms with Crippen molar-refractivity contribution in [3.63, 3.8) is 0 Å². The molecular weight excluding hydrogens is 414 g/mol. The molecule has 1 N–H and O–H groups in total. The fourth-order valence-corrected chi connectivity index (χ4v) is 4.39. The molecule has 3 rings (SSSR count). The maximum atomic E-state index is 12.9. The maximum Gasteiger partial charge on any atom is 0.322 e. The molecule has 0 fully saturated rings. The third-order valence-electron chi connectivity index (χ3n) is 5.28. The average molecular weight is 444 g/mol. The van der Waals surface area contributed by atoms with Gasteiger partial charge in [-0.1, -0.05) is 32.0 Å². The topological polar surface area (TPSA) is 86.8 Å². The number of carbonyl (C=O) groups excluding carboxylic acids is 2. The molecule has 2 aromatic carbocycles. The fraction of sp³-hybridized carbons (Fsp3) is 0.391. The van der Waals surface area contributed by atoms with Gasteiger partial charge >= 0.3 is 6.03 Å². The Hall–Kier alpha value is -2.87. The van der Waals surface area contributed by atoms with Gasteiger partial charge in [-0.25, -0.2) is 13.2 Å². The summed E-state index contributed by atoms with van der Waals surface area (Å²) >= 11 is 0. The Morgan fingerprint density at radius 1 is 1.06 bits per heavy atom. The van der Waals surface area contributed by atoms with Crippen molar-refractivity contribution in [3.05, 3.63) is 42.5 Å². The van der Waals surface area contributed by atoms with Crippen LogP contribution in [0.5, 0.6) is 0 Å². The van der Waals surface area contributed by atoms with E-state index in [2.05, 4.69) is 5.32 Å². The molecule has 2 aromatic rings. The van der Waals surface area contributed by atoms with Crippen LogP contribution in [0, 0.1) is 5.92 Å². The second kappa shape index (κ2) is 8.70. The molecule has 1 atom stereocenters. The standard InChI is InChI=1S/C23H29N3O4S/c1-15(2)13-24-23(28)25-14-16(3)26(17(4)27)21-11-8-19(12-22(21)25)18-6-9-20(10-7-18)31(5,29)30/h6-12,15-16H,13-14H2,1-5H3,(H,24,28). The first-order valence-electron chi connectivity index (χ1n) is 10.3. The zero-order chi connectivity index (χ0) is 22.9. The first-order chi connectivity index (χ1) is 14.5. The third kappa shape index (κ3) is 4.90. The number of nitrogens with zero attached hydrogens (tertiary/aromatic N) is 2. The number of anilines is 2. The van der Waals surface area contributed by atoms with Crippen LogP contribution in [0.4, 0.5) is 16.2 Å². The van der Waals surface area contributed by atoms with Crippen LogP contribution in [0.25, 0.3) is 11.1 Å². The van der Waals surface area contributed by atoms with E-state index >= 15 is 0 Å². The van der Waals surface area contributed by atoms with Crippen molar-refractivity contribution in [2.45, 2.75) is 38.6 Å². The second-order valence-electron chi connectivity index (χ2n) is 8.43. The Labute approximate surface area is 184 Å². The van der Waals surface area contributed by atoms with Crippen molar-refractivity contribution in [2.24, 2.45) is 5.92 Å². The Morgan fingerprint density at radius 3 is 2.23 bits per heavy atom. The highest BCUT2D eigenvalue weighted by molar-refractivity contribution is 7.90. The van der Waals surface area contributed by atoms with Gasteiger partial charge in [0.15, 0.2) is 9.84 Å². The molecule has 1 aliphatic rings. The molecular formula is C23H29N3O4S. The van der Waals surface area contributed by atoms with Gasteiger partial charge in [-0.15, -0.1) is 0 Å². The van der Waals surface area contributed by atoms with Crippen LogP contribution in [-0.4, -0.2) is 45.7 Å². The summed E-state index contributed by atoms with van der Waals surface area (Å²) in [6.45, 7) is 8.44. The van der Waals surface area contributed by atoms with Crippen molar-refractivity contribution in [1.29, 1.82) is 0 Å². The summed E-state index contributed by atoms with van der Waals surface area (Å²) in [6, 6.07) is 11.9. The lowest BCUT2D eigenvalue weighted by Gasteiger charge is -2.41. The largest absolute Gasteiger partial charge is 0.337 e. The molecule has 0 aliphatic carbocycles. The van der Waals surface area contributed by atoms with E-state index in [-0.39, 0.29) is 22.9 Å². The number of amides is 3. The average Bonchev–Trinajstić information content (AvgIpc) is 2.70. The van der Waals surface area contributed by atoms with Gasteiger partial charge in [0.2, 0.25) is 5.91 Å². The zero-order valence-corrected chi connectivity index (χ0v) is 19.4. The summed E-state index contributed by atoms with van der Waals surface area (Å²) in [6.07, 6.45) is 1.17. The van der Waals surface area contributed by atoms with E-state index in [1.54, 1.807) is 34.1 Å². The highest BCUT2D eigenvalue weighted by Gasteiger charge is 2.33. The van der Waals surface area contributed by atoms with E-state index in [4.69, 9.17) is 0 Å². The molecule has 0 bridgehead atoms. The number of benzene rings is 2. The van der Waals surface area contributed by atoms with Crippen molar-refractivity contribution in [3.8, 4) is 11.1 Å². The molecule has 8 heteroatoms. The smallest absolute Gasteiger partial charge is 0.322 e. The quantitative estimate of drug-likeness (QED) is 0.781. The van der Waals surface area contributed by atoms with Gasteiger partial charge in [0.25, 0.3) is 0 Å². The molecule has 7 nitrogen and oxygen atoms in total. The number of urea groups is 1. The molecule has 3 amide bonds. The second-order valence-corrected chi connectivity index (χ2v) is 10.4. The Bertz CT molecular complexity index is 1090. The summed E-state index contributed by atoms with van der Waals surface area (Å²) in [5.74, 6) is 0.236. The first kappa shape index (κ1) is 22.8. The normalized spacial score (nSPS) is 16.3. The minimum absolute atomic E-state index is 0.0822. The molecule has 31 heavy (non-hydrogen) atoms. The van der Waals surface area contributed by atoms with Gasteiger partial charge in [0, 0.05) is 26.3 Å². The van der Waals surface area contributed by atoms with Gasteiger partial charge < -0.3 is 10.2 Å². The monoisotopic (exact) mass is 443 g/mol. The molecule has 0 aromatic heterocycles. The van der Waals surface area contributed by atoms with Gasteiger partial charge in [0.1, 0.15) is 0 Å². The Morgan fingerprint density at radius 2 is 1.68 bits per heavy atom. The zero-order valence-electron chi connectivity index (χ0n) is 18.5. The summed E-state index contributed by atoms with van der Waals surface area (Å²) < 4.78 is 23.5. The third-order valence-corrected chi connectivity index (χ3v) is 6.40. The molecule has 0 saturated carbocycles. The number of rotatable bonds is 4. The first-order valence-corrected chi connectivity index (χ1v) is 12.2. The SMILES string of the molecule is CC(=O)N1c2ccc(-c3ccc(S(C)(=O)=O)cc3)cc2N(C(=O)NCC(C)C)CC1C. The van der Waals surface area contributed by atoms with Crippen LogP contribution >= 0.6 is 0 Å². The molecule has 1 aliphatic heterocycles. The van der Waals surface area contributed by atoms with E-state index in [0.29, 0.717) is 30.4 Å². The minimum Gasteiger partial charge on any atom is -0.337 e. The number of sulfone groups is 1. The van der Waals surface area contributed by atoms with Gasteiger partial charge in [-0.05, 0) is 48.2 Å². The summed E-state index contributed by atoms with van der Waals surface area (Å²) in [5, 5.41) is 2.96. The molecule has 1 heterocycles. The fourth-order valence-electron chi connectivity index (χ4n) is 3.76. The molecule has 0 radical (unpaired) electrons. The predicted molar refractivity (Wildman–Crippen MR) is 123 cm³/mol. The van der Waals surface area contributed by atoms with Crippen molar-refractivity contribution in [1.82, 2.24) is 5.32 Å². The maximum absolute atomic E-state index is 12.9. The van der Waals surface area contributed by atoms with Crippen molar-refractivity contribution < 1.29 is 18.0 Å². The van der Waals surface area contributed by atoms with E-state index in [9.17, 15) is 18.0 Å².